The molecule has 1 aromatic carbocycles. The molecular formula is C10H7BrF3N. The number of aromatic nitrogens is 1. The summed E-state index contributed by atoms with van der Waals surface area (Å²) in [6.07, 6.45) is -2.66. The van der Waals surface area contributed by atoms with Crippen LogP contribution < -0.4 is 0 Å². The molecule has 1 nitrogen and oxygen atoms in total. The molecule has 5 heteroatoms. The monoisotopic (exact) mass is 277 g/mol. The molecule has 1 N–H and O–H groups in total. The summed E-state index contributed by atoms with van der Waals surface area (Å²) in [5, 5.41) is 1.23. The maximum absolute atomic E-state index is 12.5. The van der Waals surface area contributed by atoms with Gasteiger partial charge >= 0.3 is 6.18 Å². The van der Waals surface area contributed by atoms with E-state index < -0.39 is 11.7 Å². The Labute approximate surface area is 92.4 Å². The van der Waals surface area contributed by atoms with Crippen LogP contribution in [0.5, 0.6) is 0 Å². The highest BCUT2D eigenvalue weighted by molar-refractivity contribution is 9.08. The molecular weight excluding hydrogens is 271 g/mol. The minimum absolute atomic E-state index is 0.408. The van der Waals surface area contributed by atoms with Crippen molar-refractivity contribution in [2.75, 3.05) is 0 Å². The molecule has 0 amide bonds. The molecule has 0 spiro atoms. The maximum Gasteiger partial charge on any atom is 0.416 e. The van der Waals surface area contributed by atoms with Crippen LogP contribution in [0.15, 0.2) is 24.4 Å². The second-order valence-electron chi connectivity index (χ2n) is 3.21. The van der Waals surface area contributed by atoms with Crippen molar-refractivity contribution in [1.29, 1.82) is 0 Å². The smallest absolute Gasteiger partial charge is 0.361 e. The summed E-state index contributed by atoms with van der Waals surface area (Å²) in [4.78, 5) is 2.79. The van der Waals surface area contributed by atoms with Gasteiger partial charge in [0.05, 0.1) is 5.56 Å². The number of aromatic amines is 1. The highest BCUT2D eigenvalue weighted by Gasteiger charge is 2.31. The number of rotatable bonds is 1. The first-order valence-electron chi connectivity index (χ1n) is 4.25. The fraction of sp³-hybridized carbons (Fsp3) is 0.200. The van der Waals surface area contributed by atoms with E-state index in [9.17, 15) is 13.2 Å². The number of hydrogen-bond donors (Lipinski definition) is 1. The third kappa shape index (κ3) is 1.88. The van der Waals surface area contributed by atoms with E-state index >= 15 is 0 Å². The third-order valence-corrected chi connectivity index (χ3v) is 2.83. The van der Waals surface area contributed by atoms with Crippen molar-refractivity contribution in [2.45, 2.75) is 11.5 Å². The van der Waals surface area contributed by atoms with Gasteiger partial charge in [0.25, 0.3) is 0 Å². The second kappa shape index (κ2) is 3.56. The van der Waals surface area contributed by atoms with Gasteiger partial charge < -0.3 is 4.98 Å². The molecule has 0 fully saturated rings. The van der Waals surface area contributed by atoms with Gasteiger partial charge in [0, 0.05) is 22.4 Å². The Balaban J connectivity index is 2.69. The van der Waals surface area contributed by atoms with E-state index in [1.165, 1.54) is 6.07 Å². The van der Waals surface area contributed by atoms with Gasteiger partial charge in [-0.1, -0.05) is 15.9 Å². The van der Waals surface area contributed by atoms with E-state index in [-0.39, 0.29) is 0 Å². The molecule has 15 heavy (non-hydrogen) atoms. The summed E-state index contributed by atoms with van der Waals surface area (Å²) < 4.78 is 37.5. The van der Waals surface area contributed by atoms with Crippen molar-refractivity contribution in [3.8, 4) is 0 Å². The Hall–Kier alpha value is -0.970. The summed E-state index contributed by atoms with van der Waals surface area (Å²) in [6.45, 7) is 0. The standard InChI is InChI=1S/C10H7BrF3N/c11-5-6-3-7(10(12,13)14)4-9-8(6)1-2-15-9/h1-4,15H,5H2. The fourth-order valence-corrected chi connectivity index (χ4v) is 1.98. The topological polar surface area (TPSA) is 15.8 Å². The maximum atomic E-state index is 12.5. The van der Waals surface area contributed by atoms with Crippen molar-refractivity contribution >= 4 is 26.8 Å². The zero-order valence-electron chi connectivity index (χ0n) is 7.53. The van der Waals surface area contributed by atoms with Gasteiger partial charge in [0.15, 0.2) is 0 Å². The van der Waals surface area contributed by atoms with E-state index in [2.05, 4.69) is 20.9 Å². The summed E-state index contributed by atoms with van der Waals surface area (Å²) >= 11 is 3.18. The van der Waals surface area contributed by atoms with Crippen molar-refractivity contribution in [2.24, 2.45) is 0 Å². The summed E-state index contributed by atoms with van der Waals surface area (Å²) in [5.74, 6) is 0. The number of hydrogen-bond acceptors (Lipinski definition) is 0. The molecule has 0 radical (unpaired) electrons. The van der Waals surface area contributed by atoms with Gasteiger partial charge in [-0.05, 0) is 23.8 Å². The number of alkyl halides is 4. The van der Waals surface area contributed by atoms with Crippen molar-refractivity contribution in [3.05, 3.63) is 35.5 Å². The van der Waals surface area contributed by atoms with Crippen molar-refractivity contribution in [1.82, 2.24) is 4.98 Å². The van der Waals surface area contributed by atoms with Gasteiger partial charge in [-0.15, -0.1) is 0 Å². The number of fused-ring (bicyclic) bond motifs is 1. The first kappa shape index (κ1) is 10.5. The van der Waals surface area contributed by atoms with Gasteiger partial charge in [-0.2, -0.15) is 13.2 Å². The number of benzene rings is 1. The predicted octanol–water partition coefficient (Wildman–Crippen LogP) is 4.08. The SMILES string of the molecule is FC(F)(F)c1cc(CBr)c2cc[nH]c2c1. The number of H-pyrrole nitrogens is 1. The van der Waals surface area contributed by atoms with Crippen LogP contribution in [0.25, 0.3) is 10.9 Å². The third-order valence-electron chi connectivity index (χ3n) is 2.23. The molecule has 0 aliphatic rings. The summed E-state index contributed by atoms with van der Waals surface area (Å²) in [5.41, 5.74) is 0.534. The highest BCUT2D eigenvalue weighted by Crippen LogP contribution is 2.33. The van der Waals surface area contributed by atoms with Crippen LogP contribution >= 0.6 is 15.9 Å². The quantitative estimate of drug-likeness (QED) is 0.756. The van der Waals surface area contributed by atoms with E-state index in [0.29, 0.717) is 16.4 Å². The van der Waals surface area contributed by atoms with Gasteiger partial charge in [-0.25, -0.2) is 0 Å². The molecule has 0 unspecified atom stereocenters. The average molecular weight is 278 g/mol. The van der Waals surface area contributed by atoms with E-state index in [0.717, 1.165) is 11.5 Å². The molecule has 1 aromatic heterocycles. The van der Waals surface area contributed by atoms with Crippen LogP contribution in [0.4, 0.5) is 13.2 Å². The van der Waals surface area contributed by atoms with Gasteiger partial charge in [0.1, 0.15) is 0 Å². The van der Waals surface area contributed by atoms with E-state index in [1.807, 2.05) is 0 Å². The van der Waals surface area contributed by atoms with Crippen LogP contribution in [0, 0.1) is 0 Å². The zero-order valence-corrected chi connectivity index (χ0v) is 9.11. The molecule has 0 aliphatic carbocycles. The van der Waals surface area contributed by atoms with E-state index in [1.54, 1.807) is 12.3 Å². The average Bonchev–Trinajstić information content (AvgIpc) is 2.62. The molecule has 80 valence electrons. The summed E-state index contributed by atoms with van der Waals surface area (Å²) in [6, 6.07) is 4.07. The van der Waals surface area contributed by atoms with Crippen LogP contribution in [-0.4, -0.2) is 4.98 Å². The Morgan fingerprint density at radius 3 is 2.60 bits per heavy atom. The molecule has 1 heterocycles. The van der Waals surface area contributed by atoms with Gasteiger partial charge in [0.2, 0.25) is 0 Å². The minimum Gasteiger partial charge on any atom is -0.361 e. The molecule has 2 aromatic rings. The lowest BCUT2D eigenvalue weighted by atomic mass is 10.1. The number of nitrogens with one attached hydrogen (secondary N) is 1. The highest BCUT2D eigenvalue weighted by atomic mass is 79.9. The summed E-state index contributed by atoms with van der Waals surface area (Å²) in [7, 11) is 0. The lowest BCUT2D eigenvalue weighted by molar-refractivity contribution is -0.137. The molecule has 0 bridgehead atoms. The van der Waals surface area contributed by atoms with Crippen LogP contribution in [-0.2, 0) is 11.5 Å². The lowest BCUT2D eigenvalue weighted by Gasteiger charge is -2.08. The van der Waals surface area contributed by atoms with Crippen LogP contribution in [0.2, 0.25) is 0 Å². The Morgan fingerprint density at radius 2 is 2.00 bits per heavy atom. The minimum atomic E-state index is -4.30. The zero-order chi connectivity index (χ0) is 11.1. The number of halogens is 4. The van der Waals surface area contributed by atoms with Crippen LogP contribution in [0.1, 0.15) is 11.1 Å². The molecule has 0 saturated heterocycles. The fourth-order valence-electron chi connectivity index (χ4n) is 1.52. The Morgan fingerprint density at radius 1 is 1.27 bits per heavy atom. The first-order chi connectivity index (χ1) is 7.02. The first-order valence-corrected chi connectivity index (χ1v) is 5.37. The van der Waals surface area contributed by atoms with Gasteiger partial charge in [-0.3, -0.25) is 0 Å². The second-order valence-corrected chi connectivity index (χ2v) is 3.77. The Bertz CT molecular complexity index is 487. The largest absolute Gasteiger partial charge is 0.416 e. The van der Waals surface area contributed by atoms with Crippen molar-refractivity contribution in [3.63, 3.8) is 0 Å². The molecule has 0 aliphatic heterocycles. The van der Waals surface area contributed by atoms with Crippen LogP contribution in [0.3, 0.4) is 0 Å². The predicted molar refractivity (Wildman–Crippen MR) is 55.9 cm³/mol. The molecule has 0 atom stereocenters. The normalized spacial score (nSPS) is 12.3. The van der Waals surface area contributed by atoms with Crippen molar-refractivity contribution < 1.29 is 13.2 Å². The Kier molecular flexibility index (Phi) is 2.50. The van der Waals surface area contributed by atoms with E-state index in [4.69, 9.17) is 0 Å². The molecule has 2 rings (SSSR count). The molecule has 0 saturated carbocycles. The lowest BCUT2D eigenvalue weighted by Crippen LogP contribution is -2.05.